The highest BCUT2D eigenvalue weighted by atomic mass is 32.2. The average molecular weight is 325 g/mol. The van der Waals surface area contributed by atoms with Gasteiger partial charge in [-0.2, -0.15) is 0 Å². The maximum Gasteiger partial charge on any atom is 0.239 e. The van der Waals surface area contributed by atoms with Gasteiger partial charge in [-0.1, -0.05) is 25.0 Å². The highest BCUT2D eigenvalue weighted by Crippen LogP contribution is 2.25. The van der Waals surface area contributed by atoms with Crippen molar-refractivity contribution in [2.75, 3.05) is 17.7 Å². The van der Waals surface area contributed by atoms with E-state index in [1.165, 1.54) is 0 Å². The van der Waals surface area contributed by atoms with Gasteiger partial charge in [0.1, 0.15) is 5.75 Å². The summed E-state index contributed by atoms with van der Waals surface area (Å²) in [5, 5.41) is 2.32. The van der Waals surface area contributed by atoms with E-state index in [1.54, 1.807) is 12.1 Å². The molecular weight excluding hydrogens is 302 g/mol. The van der Waals surface area contributed by atoms with Crippen molar-refractivity contribution in [1.29, 1.82) is 0 Å². The summed E-state index contributed by atoms with van der Waals surface area (Å²) in [6.45, 7) is 3.01. The topological polar surface area (TPSA) is 72.5 Å². The number of hydrogen-bond donors (Lipinski definition) is 1. The van der Waals surface area contributed by atoms with Gasteiger partial charge in [0.05, 0.1) is 11.9 Å². The van der Waals surface area contributed by atoms with Gasteiger partial charge in [0.25, 0.3) is 0 Å². The average Bonchev–Trinajstić information content (AvgIpc) is 3.00. The lowest BCUT2D eigenvalue weighted by atomic mass is 10.2. The van der Waals surface area contributed by atoms with Crippen molar-refractivity contribution < 1.29 is 17.9 Å². The number of sulfone groups is 1. The van der Waals surface area contributed by atoms with Gasteiger partial charge in [-0.3, -0.25) is 4.79 Å². The molecule has 1 N–H and O–H groups in total. The Bertz CT molecular complexity index is 606. The normalized spacial score (nSPS) is 15.9. The molecule has 1 aromatic carbocycles. The van der Waals surface area contributed by atoms with Crippen LogP contribution in [0.5, 0.6) is 0 Å². The van der Waals surface area contributed by atoms with Crippen LogP contribution in [0.15, 0.2) is 24.3 Å². The number of benzene rings is 1. The van der Waals surface area contributed by atoms with Crippen LogP contribution in [-0.4, -0.2) is 31.9 Å². The summed E-state index contributed by atoms with van der Waals surface area (Å²) in [4.78, 5) is 12.0. The van der Waals surface area contributed by atoms with Crippen molar-refractivity contribution in [2.45, 2.75) is 44.5 Å². The first-order valence-corrected chi connectivity index (χ1v) is 9.41. The van der Waals surface area contributed by atoms with Crippen LogP contribution < -0.4 is 5.32 Å². The smallest absolute Gasteiger partial charge is 0.239 e. The lowest BCUT2D eigenvalue weighted by Gasteiger charge is -2.11. The van der Waals surface area contributed by atoms with E-state index in [-0.39, 0.29) is 5.25 Å². The summed E-state index contributed by atoms with van der Waals surface area (Å²) in [5.41, 5.74) is 1.54. The van der Waals surface area contributed by atoms with Crippen LogP contribution >= 0.6 is 0 Å². The molecule has 0 radical (unpaired) electrons. The van der Waals surface area contributed by atoms with E-state index in [1.807, 2.05) is 19.1 Å². The van der Waals surface area contributed by atoms with Gasteiger partial charge in [-0.25, -0.2) is 8.42 Å². The number of amides is 1. The first-order valence-electron chi connectivity index (χ1n) is 7.69. The Morgan fingerprint density at radius 2 is 2.05 bits per heavy atom. The lowest BCUT2D eigenvalue weighted by Crippen LogP contribution is -2.29. The summed E-state index contributed by atoms with van der Waals surface area (Å²) in [5.74, 6) is -0.909. The summed E-state index contributed by atoms with van der Waals surface area (Å²) in [7, 11) is -3.34. The fraction of sp³-hybridized carbons (Fsp3) is 0.562. The van der Waals surface area contributed by atoms with Crippen molar-refractivity contribution in [3.63, 3.8) is 0 Å². The van der Waals surface area contributed by atoms with E-state index in [4.69, 9.17) is 4.74 Å². The van der Waals surface area contributed by atoms with Gasteiger partial charge in [0.15, 0.2) is 9.84 Å². The molecule has 1 saturated carbocycles. The minimum Gasteiger partial charge on any atom is -0.377 e. The van der Waals surface area contributed by atoms with E-state index in [0.29, 0.717) is 31.7 Å². The first kappa shape index (κ1) is 17.0. The molecule has 1 aliphatic rings. The zero-order chi connectivity index (χ0) is 16.0. The molecule has 0 unspecified atom stereocenters. The SMILES string of the molecule is CCOCc1cccc(NC(=O)CS(=O)(=O)C2CCCC2)c1. The Morgan fingerprint density at radius 1 is 1.32 bits per heavy atom. The van der Waals surface area contributed by atoms with Gasteiger partial charge in [-0.15, -0.1) is 0 Å². The Balaban J connectivity index is 1.94. The van der Waals surface area contributed by atoms with Gasteiger partial charge in [-0.05, 0) is 37.5 Å². The highest BCUT2D eigenvalue weighted by Gasteiger charge is 2.30. The molecule has 22 heavy (non-hydrogen) atoms. The van der Waals surface area contributed by atoms with Crippen molar-refractivity contribution in [1.82, 2.24) is 0 Å². The largest absolute Gasteiger partial charge is 0.377 e. The lowest BCUT2D eigenvalue weighted by molar-refractivity contribution is -0.113. The van der Waals surface area contributed by atoms with Crippen LogP contribution in [0.1, 0.15) is 38.2 Å². The van der Waals surface area contributed by atoms with E-state index in [9.17, 15) is 13.2 Å². The summed E-state index contributed by atoms with van der Waals surface area (Å²) >= 11 is 0. The van der Waals surface area contributed by atoms with E-state index in [2.05, 4.69) is 5.32 Å². The third-order valence-electron chi connectivity index (χ3n) is 3.83. The van der Waals surface area contributed by atoms with Gasteiger partial charge in [0, 0.05) is 12.3 Å². The highest BCUT2D eigenvalue weighted by molar-refractivity contribution is 7.92. The number of carbonyl (C=O) groups excluding carboxylic acids is 1. The molecule has 0 spiro atoms. The minimum absolute atomic E-state index is 0.345. The zero-order valence-electron chi connectivity index (χ0n) is 12.9. The van der Waals surface area contributed by atoms with Crippen molar-refractivity contribution >= 4 is 21.4 Å². The molecule has 0 atom stereocenters. The number of nitrogens with one attached hydrogen (secondary N) is 1. The van der Waals surface area contributed by atoms with E-state index in [0.717, 1.165) is 18.4 Å². The molecule has 0 aromatic heterocycles. The van der Waals surface area contributed by atoms with Gasteiger partial charge >= 0.3 is 0 Å². The van der Waals surface area contributed by atoms with Crippen LogP contribution in [0.25, 0.3) is 0 Å². The number of anilines is 1. The van der Waals surface area contributed by atoms with Crippen LogP contribution in [0, 0.1) is 0 Å². The molecule has 2 rings (SSSR count). The van der Waals surface area contributed by atoms with Crippen molar-refractivity contribution in [3.8, 4) is 0 Å². The molecular formula is C16H23NO4S. The van der Waals surface area contributed by atoms with E-state index < -0.39 is 21.5 Å². The maximum absolute atomic E-state index is 12.2. The standard InChI is InChI=1S/C16H23NO4S/c1-2-21-11-13-6-5-7-14(10-13)17-16(18)12-22(19,20)15-8-3-4-9-15/h5-7,10,15H,2-4,8-9,11-12H2,1H3,(H,17,18). The van der Waals surface area contributed by atoms with Crippen molar-refractivity contribution in [3.05, 3.63) is 29.8 Å². The van der Waals surface area contributed by atoms with E-state index >= 15 is 0 Å². The molecule has 1 amide bonds. The second-order valence-corrected chi connectivity index (χ2v) is 7.88. The quantitative estimate of drug-likeness (QED) is 0.836. The van der Waals surface area contributed by atoms with Crippen LogP contribution in [-0.2, 0) is 26.0 Å². The third-order valence-corrected chi connectivity index (χ3v) is 5.98. The predicted molar refractivity (Wildman–Crippen MR) is 86.4 cm³/mol. The number of rotatable bonds is 7. The summed E-state index contributed by atoms with van der Waals surface area (Å²) in [6.07, 6.45) is 3.23. The monoisotopic (exact) mass is 325 g/mol. The zero-order valence-corrected chi connectivity index (χ0v) is 13.7. The fourth-order valence-electron chi connectivity index (χ4n) is 2.70. The number of ether oxygens (including phenoxy) is 1. The Kier molecular flexibility index (Phi) is 5.97. The summed E-state index contributed by atoms with van der Waals surface area (Å²) in [6, 6.07) is 7.27. The molecule has 0 bridgehead atoms. The molecule has 0 aliphatic heterocycles. The third kappa shape index (κ3) is 4.81. The first-order chi connectivity index (χ1) is 10.5. The fourth-order valence-corrected chi connectivity index (χ4v) is 4.43. The van der Waals surface area contributed by atoms with Gasteiger partial charge < -0.3 is 10.1 Å². The molecule has 0 heterocycles. The Labute approximate surface area is 132 Å². The second-order valence-electron chi connectivity index (χ2n) is 5.60. The van der Waals surface area contributed by atoms with Gasteiger partial charge in [0.2, 0.25) is 5.91 Å². The Hall–Kier alpha value is -1.40. The van der Waals surface area contributed by atoms with Crippen LogP contribution in [0.2, 0.25) is 0 Å². The maximum atomic E-state index is 12.2. The summed E-state index contributed by atoms with van der Waals surface area (Å²) < 4.78 is 29.6. The second kappa shape index (κ2) is 7.74. The van der Waals surface area contributed by atoms with Crippen LogP contribution in [0.4, 0.5) is 5.69 Å². The molecule has 6 heteroatoms. The molecule has 1 aliphatic carbocycles. The van der Waals surface area contributed by atoms with Crippen LogP contribution in [0.3, 0.4) is 0 Å². The molecule has 122 valence electrons. The Morgan fingerprint density at radius 3 is 2.73 bits per heavy atom. The van der Waals surface area contributed by atoms with Crippen molar-refractivity contribution in [2.24, 2.45) is 0 Å². The minimum atomic E-state index is -3.34. The molecule has 5 nitrogen and oxygen atoms in total. The predicted octanol–water partition coefficient (Wildman–Crippen LogP) is 2.52. The molecule has 0 saturated heterocycles. The number of carbonyl (C=O) groups is 1. The number of hydrogen-bond acceptors (Lipinski definition) is 4. The molecule has 1 aromatic rings. The molecule has 1 fully saturated rings.